The van der Waals surface area contributed by atoms with E-state index >= 15 is 0 Å². The van der Waals surface area contributed by atoms with Gasteiger partial charge in [-0.15, -0.1) is 11.3 Å². The minimum atomic E-state index is -0.493. The van der Waals surface area contributed by atoms with Crippen molar-refractivity contribution in [3.05, 3.63) is 45.9 Å². The highest BCUT2D eigenvalue weighted by atomic mass is 32.1. The van der Waals surface area contributed by atoms with Crippen LogP contribution >= 0.6 is 11.3 Å². The van der Waals surface area contributed by atoms with Gasteiger partial charge in [-0.05, 0) is 49.3 Å². The molecule has 0 radical (unpaired) electrons. The van der Waals surface area contributed by atoms with Crippen molar-refractivity contribution in [1.29, 1.82) is 0 Å². The molecule has 2 amide bonds. The van der Waals surface area contributed by atoms with Crippen LogP contribution in [0.25, 0.3) is 0 Å². The van der Waals surface area contributed by atoms with Gasteiger partial charge < -0.3 is 15.2 Å². The summed E-state index contributed by atoms with van der Waals surface area (Å²) < 4.78 is 5.44. The normalized spacial score (nSPS) is 13.7. The van der Waals surface area contributed by atoms with Gasteiger partial charge in [-0.25, -0.2) is 10.8 Å². The number of amides is 2. The van der Waals surface area contributed by atoms with E-state index in [2.05, 4.69) is 29.6 Å². The summed E-state index contributed by atoms with van der Waals surface area (Å²) >= 11 is 1.28. The van der Waals surface area contributed by atoms with E-state index in [1.165, 1.54) is 18.3 Å². The van der Waals surface area contributed by atoms with Gasteiger partial charge in [0.2, 0.25) is 5.91 Å². The molecule has 1 heterocycles. The fourth-order valence-electron chi connectivity index (χ4n) is 3.50. The van der Waals surface area contributed by atoms with E-state index in [9.17, 15) is 19.5 Å². The topological polar surface area (TPSA) is 144 Å². The van der Waals surface area contributed by atoms with Crippen LogP contribution in [0, 0.1) is 11.8 Å². The van der Waals surface area contributed by atoms with Gasteiger partial charge >= 0.3 is 5.97 Å². The third-order valence-corrected chi connectivity index (χ3v) is 6.26. The van der Waals surface area contributed by atoms with Crippen molar-refractivity contribution >= 4 is 29.1 Å². The van der Waals surface area contributed by atoms with E-state index in [1.54, 1.807) is 36.6 Å². The summed E-state index contributed by atoms with van der Waals surface area (Å²) in [6, 6.07) is 6.30. The number of esters is 1. The predicted octanol–water partition coefficient (Wildman–Crippen LogP) is 3.25. The molecule has 2 aromatic rings. The molecule has 0 saturated heterocycles. The summed E-state index contributed by atoms with van der Waals surface area (Å²) in [6.45, 7) is 7.27. The number of carbonyl (C=O) groups is 3. The molecule has 0 spiro atoms. The number of hydrazine groups is 1. The number of thiazole rings is 1. The molecule has 2 rings (SSSR count). The molecule has 3 atom stereocenters. The molecule has 9 nitrogen and oxygen atoms in total. The van der Waals surface area contributed by atoms with Gasteiger partial charge in [0.25, 0.3) is 5.91 Å². The Kier molecular flexibility index (Phi) is 10.5. The Morgan fingerprint density at radius 3 is 2.41 bits per heavy atom. The number of aromatic nitrogens is 1. The first kappa shape index (κ1) is 27.3. The average Bonchev–Trinajstić information content (AvgIpc) is 3.27. The number of hydrogen-bond acceptors (Lipinski definition) is 8. The maximum absolute atomic E-state index is 13.0. The number of benzene rings is 1. The summed E-state index contributed by atoms with van der Waals surface area (Å²) in [5.74, 6) is 4.32. The molecule has 0 aliphatic heterocycles. The first-order valence-corrected chi connectivity index (χ1v) is 12.2. The second kappa shape index (κ2) is 13.0. The van der Waals surface area contributed by atoms with Crippen LogP contribution in [0.15, 0.2) is 29.6 Å². The molecule has 10 heteroatoms. The molecule has 5 N–H and O–H groups in total. The van der Waals surface area contributed by atoms with Crippen LogP contribution in [0.3, 0.4) is 0 Å². The minimum Gasteiger partial charge on any atom is -0.508 e. The fourth-order valence-corrected chi connectivity index (χ4v) is 4.36. The number of aromatic hydroxyl groups is 1. The number of carbonyl (C=O) groups excluding carboxylic acids is 3. The van der Waals surface area contributed by atoms with E-state index in [0.717, 1.165) is 12.0 Å². The molecule has 1 aromatic carbocycles. The van der Waals surface area contributed by atoms with Crippen LogP contribution in [0.2, 0.25) is 0 Å². The van der Waals surface area contributed by atoms with Gasteiger partial charge in [-0.3, -0.25) is 19.8 Å². The maximum Gasteiger partial charge on any atom is 0.303 e. The van der Waals surface area contributed by atoms with Crippen molar-refractivity contribution in [2.24, 2.45) is 17.7 Å². The predicted molar refractivity (Wildman–Crippen MR) is 130 cm³/mol. The molecule has 0 bridgehead atoms. The molecule has 0 fully saturated rings. The Hall–Kier alpha value is -2.98. The van der Waals surface area contributed by atoms with Crippen molar-refractivity contribution in [2.45, 2.75) is 65.5 Å². The van der Waals surface area contributed by atoms with Gasteiger partial charge in [-0.2, -0.15) is 0 Å². The molecule has 0 aliphatic rings. The lowest BCUT2D eigenvalue weighted by molar-refractivity contribution is -0.147. The highest BCUT2D eigenvalue weighted by Crippen LogP contribution is 2.28. The molecular weight excluding hydrogens is 456 g/mol. The summed E-state index contributed by atoms with van der Waals surface area (Å²) in [4.78, 5) is 40.9. The maximum atomic E-state index is 13.0. The Bertz CT molecular complexity index is 961. The number of ether oxygens (including phenoxy) is 1. The molecule has 1 aromatic heterocycles. The largest absolute Gasteiger partial charge is 0.508 e. The lowest BCUT2D eigenvalue weighted by Gasteiger charge is -2.21. The van der Waals surface area contributed by atoms with Gasteiger partial charge in [0.05, 0.1) is 0 Å². The number of phenolic OH excluding ortho intramolecular Hbond substituents is 1. The standard InChI is InChI=1S/C24H34N4O5S/c1-14(2)5-10-21(33-16(4)29)24-27-20(13-34-24)23(32)26-18(11-15(3)22(31)28-25)12-17-6-8-19(30)9-7-17/h6-9,13-15,18,21,30H,5,10-12,25H2,1-4H3,(H,26,32)(H,28,31)/t15-,18+,21+/m0/s1. The molecule has 0 unspecified atom stereocenters. The minimum absolute atomic E-state index is 0.148. The summed E-state index contributed by atoms with van der Waals surface area (Å²) in [5, 5.41) is 14.7. The number of rotatable bonds is 12. The molecular formula is C24H34N4O5S. The van der Waals surface area contributed by atoms with Crippen LogP contribution < -0.4 is 16.6 Å². The molecule has 0 aliphatic carbocycles. The second-order valence-electron chi connectivity index (χ2n) is 8.83. The van der Waals surface area contributed by atoms with Gasteiger partial charge in [0.1, 0.15) is 16.5 Å². The summed E-state index contributed by atoms with van der Waals surface area (Å²) in [5.41, 5.74) is 3.27. The van der Waals surface area contributed by atoms with Crippen molar-refractivity contribution in [2.75, 3.05) is 0 Å². The van der Waals surface area contributed by atoms with Crippen LogP contribution in [0.4, 0.5) is 0 Å². The Labute approximate surface area is 204 Å². The zero-order valence-electron chi connectivity index (χ0n) is 20.0. The number of nitrogens with zero attached hydrogens (tertiary/aromatic N) is 1. The van der Waals surface area contributed by atoms with Crippen LogP contribution in [-0.2, 0) is 20.7 Å². The van der Waals surface area contributed by atoms with Crippen LogP contribution in [0.1, 0.15) is 74.1 Å². The third kappa shape index (κ3) is 8.75. The van der Waals surface area contributed by atoms with Crippen molar-refractivity contribution in [1.82, 2.24) is 15.7 Å². The van der Waals surface area contributed by atoms with Crippen molar-refractivity contribution in [3.63, 3.8) is 0 Å². The van der Waals surface area contributed by atoms with E-state index in [1.807, 2.05) is 0 Å². The van der Waals surface area contributed by atoms with Crippen molar-refractivity contribution in [3.8, 4) is 5.75 Å². The first-order valence-electron chi connectivity index (χ1n) is 11.3. The monoisotopic (exact) mass is 490 g/mol. The van der Waals surface area contributed by atoms with Crippen molar-refractivity contribution < 1.29 is 24.2 Å². The van der Waals surface area contributed by atoms with E-state index in [-0.39, 0.29) is 29.3 Å². The van der Waals surface area contributed by atoms with Gasteiger partial charge in [0.15, 0.2) is 6.10 Å². The zero-order chi connectivity index (χ0) is 25.3. The highest BCUT2D eigenvalue weighted by Gasteiger charge is 2.24. The Morgan fingerprint density at radius 1 is 1.15 bits per heavy atom. The van der Waals surface area contributed by atoms with Crippen LogP contribution in [-0.4, -0.2) is 33.9 Å². The average molecular weight is 491 g/mol. The Morgan fingerprint density at radius 2 is 1.82 bits per heavy atom. The number of phenols is 1. The number of nitrogens with two attached hydrogens (primary N) is 1. The highest BCUT2D eigenvalue weighted by molar-refractivity contribution is 7.09. The molecule has 0 saturated carbocycles. The molecule has 186 valence electrons. The quantitative estimate of drug-likeness (QED) is 0.155. The SMILES string of the molecule is CC(=O)O[C@H](CCC(C)C)c1nc(C(=O)N[C@@H](Cc2ccc(O)cc2)C[C@H](C)C(=O)NN)cs1. The number of nitrogens with one attached hydrogen (secondary N) is 2. The van der Waals surface area contributed by atoms with Gasteiger partial charge in [-0.1, -0.05) is 32.9 Å². The molecule has 34 heavy (non-hydrogen) atoms. The third-order valence-electron chi connectivity index (χ3n) is 5.33. The fraction of sp³-hybridized carbons (Fsp3) is 0.500. The smallest absolute Gasteiger partial charge is 0.303 e. The van der Waals surface area contributed by atoms with E-state index in [0.29, 0.717) is 30.2 Å². The first-order chi connectivity index (χ1) is 16.1. The zero-order valence-corrected chi connectivity index (χ0v) is 20.9. The van der Waals surface area contributed by atoms with Crippen LogP contribution in [0.5, 0.6) is 5.75 Å². The summed E-state index contributed by atoms with van der Waals surface area (Å²) in [6.07, 6.45) is 1.80. The summed E-state index contributed by atoms with van der Waals surface area (Å²) in [7, 11) is 0. The van der Waals surface area contributed by atoms with E-state index in [4.69, 9.17) is 10.6 Å². The number of hydrogen-bond donors (Lipinski definition) is 4. The lowest BCUT2D eigenvalue weighted by atomic mass is 9.95. The van der Waals surface area contributed by atoms with E-state index < -0.39 is 18.0 Å². The Balaban J connectivity index is 2.16. The van der Waals surface area contributed by atoms with Gasteiger partial charge in [0, 0.05) is 24.3 Å². The second-order valence-corrected chi connectivity index (χ2v) is 9.72. The lowest BCUT2D eigenvalue weighted by Crippen LogP contribution is -2.42.